The Morgan fingerprint density at radius 3 is 2.50 bits per heavy atom. The lowest BCUT2D eigenvalue weighted by Gasteiger charge is -2.31. The number of nitrogens with one attached hydrogen (secondary N) is 2. The second kappa shape index (κ2) is 11.5. The van der Waals surface area contributed by atoms with Gasteiger partial charge in [0.2, 0.25) is 11.8 Å². The van der Waals surface area contributed by atoms with Crippen LogP contribution in [0.15, 0.2) is 76.6 Å². The number of benzene rings is 3. The Kier molecular flexibility index (Phi) is 7.80. The van der Waals surface area contributed by atoms with Crippen molar-refractivity contribution in [1.82, 2.24) is 4.98 Å². The van der Waals surface area contributed by atoms with Crippen molar-refractivity contribution in [3.63, 3.8) is 0 Å². The van der Waals surface area contributed by atoms with Crippen LogP contribution in [0.1, 0.15) is 27.5 Å². The molecule has 3 heterocycles. The van der Waals surface area contributed by atoms with Crippen molar-refractivity contribution in [1.29, 1.82) is 0 Å². The molecule has 3 atom stereocenters. The van der Waals surface area contributed by atoms with Crippen molar-refractivity contribution in [2.45, 2.75) is 29.3 Å². The minimum Gasteiger partial charge on any atom is -0.483 e. The standard InChI is InChI=1S/C30H21ClF3N3O5S2/c1-14-6-9-16(10-7-14)37-27(39)23-22(24-26(36-29(41)44-24)43-25(23)28(37)40)17-12-15(31)8-11-20(17)42-13-21(38)35-19-5-3-2-4-18(19)30(32,33)34/h2-12,22-23,25H,13H2,1H3,(H,35,38)(H,36,41). The van der Waals surface area contributed by atoms with Crippen LogP contribution in [0.25, 0.3) is 0 Å². The zero-order chi connectivity index (χ0) is 31.3. The first-order valence-corrected chi connectivity index (χ1v) is 15.2. The highest BCUT2D eigenvalue weighted by Crippen LogP contribution is 2.54. The molecule has 226 valence electrons. The molecule has 6 rings (SSSR count). The van der Waals surface area contributed by atoms with Crippen LogP contribution in [0.2, 0.25) is 5.02 Å². The van der Waals surface area contributed by atoms with Gasteiger partial charge in [-0.15, -0.1) is 0 Å². The van der Waals surface area contributed by atoms with E-state index in [0.29, 0.717) is 21.2 Å². The third-order valence-electron chi connectivity index (χ3n) is 7.29. The van der Waals surface area contributed by atoms with Crippen LogP contribution in [0, 0.1) is 12.8 Å². The quantitative estimate of drug-likeness (QED) is 0.238. The normalized spacial score (nSPS) is 19.5. The fraction of sp³-hybridized carbons (Fsp3) is 0.200. The van der Waals surface area contributed by atoms with E-state index in [4.69, 9.17) is 16.3 Å². The van der Waals surface area contributed by atoms with Crippen LogP contribution in [-0.4, -0.2) is 34.6 Å². The molecule has 1 saturated heterocycles. The second-order valence-corrected chi connectivity index (χ2v) is 12.8. The number of thioether (sulfide) groups is 1. The van der Waals surface area contributed by atoms with Crippen molar-refractivity contribution in [3.8, 4) is 5.75 Å². The summed E-state index contributed by atoms with van der Waals surface area (Å²) >= 11 is 8.37. The van der Waals surface area contributed by atoms with Gasteiger partial charge in [-0.25, -0.2) is 4.90 Å². The fourth-order valence-corrected chi connectivity index (χ4v) is 8.05. The predicted octanol–water partition coefficient (Wildman–Crippen LogP) is 6.23. The number of imide groups is 1. The molecule has 0 saturated carbocycles. The number of hydrogen-bond acceptors (Lipinski definition) is 7. The van der Waals surface area contributed by atoms with Gasteiger partial charge in [0.1, 0.15) is 11.0 Å². The van der Waals surface area contributed by atoms with Gasteiger partial charge in [0.05, 0.1) is 27.9 Å². The summed E-state index contributed by atoms with van der Waals surface area (Å²) in [5.74, 6) is -3.45. The molecular weight excluding hydrogens is 639 g/mol. The number of hydrogen-bond donors (Lipinski definition) is 2. The molecule has 3 aromatic carbocycles. The number of alkyl halides is 3. The van der Waals surface area contributed by atoms with E-state index in [9.17, 15) is 32.3 Å². The van der Waals surface area contributed by atoms with Gasteiger partial charge in [0.15, 0.2) is 6.61 Å². The number of aromatic amines is 1. The number of thiazole rings is 1. The molecular formula is C30H21ClF3N3O5S2. The number of ether oxygens (including phenoxy) is 1. The first kappa shape index (κ1) is 30.0. The van der Waals surface area contributed by atoms with E-state index in [1.165, 1.54) is 30.3 Å². The maximum absolute atomic E-state index is 14.0. The number of aryl methyl sites for hydroxylation is 1. The molecule has 0 aliphatic carbocycles. The summed E-state index contributed by atoms with van der Waals surface area (Å²) in [6.07, 6.45) is -4.68. The third-order valence-corrected chi connectivity index (χ3v) is 9.92. The first-order chi connectivity index (χ1) is 20.9. The van der Waals surface area contributed by atoms with Gasteiger partial charge in [-0.2, -0.15) is 13.2 Å². The average molecular weight is 660 g/mol. The van der Waals surface area contributed by atoms with E-state index in [-0.39, 0.29) is 15.6 Å². The van der Waals surface area contributed by atoms with Crippen LogP contribution in [0.3, 0.4) is 0 Å². The maximum atomic E-state index is 14.0. The molecule has 2 aliphatic rings. The summed E-state index contributed by atoms with van der Waals surface area (Å²) in [6.45, 7) is 1.21. The smallest absolute Gasteiger partial charge is 0.418 e. The first-order valence-electron chi connectivity index (χ1n) is 13.1. The van der Waals surface area contributed by atoms with Gasteiger partial charge in [-0.05, 0) is 49.4 Å². The summed E-state index contributed by atoms with van der Waals surface area (Å²) in [4.78, 5) is 56.9. The highest BCUT2D eigenvalue weighted by molar-refractivity contribution is 8.00. The van der Waals surface area contributed by atoms with Gasteiger partial charge in [-0.1, -0.05) is 64.5 Å². The van der Waals surface area contributed by atoms with E-state index in [1.54, 1.807) is 24.3 Å². The summed E-state index contributed by atoms with van der Waals surface area (Å²) < 4.78 is 46.0. The van der Waals surface area contributed by atoms with Gasteiger partial charge in [0, 0.05) is 21.4 Å². The molecule has 4 aromatic rings. The van der Waals surface area contributed by atoms with E-state index in [1.807, 2.05) is 6.92 Å². The lowest BCUT2D eigenvalue weighted by Crippen LogP contribution is -2.32. The number of nitrogens with zero attached hydrogens (tertiary/aromatic N) is 1. The van der Waals surface area contributed by atoms with Gasteiger partial charge < -0.3 is 15.0 Å². The summed E-state index contributed by atoms with van der Waals surface area (Å²) in [6, 6.07) is 16.0. The summed E-state index contributed by atoms with van der Waals surface area (Å²) in [5, 5.41) is 2.06. The van der Waals surface area contributed by atoms with Crippen LogP contribution in [0.5, 0.6) is 5.75 Å². The number of aromatic nitrogens is 1. The van der Waals surface area contributed by atoms with Crippen LogP contribution >= 0.6 is 34.7 Å². The number of carbonyl (C=O) groups excluding carboxylic acids is 3. The number of para-hydroxylation sites is 1. The van der Waals surface area contributed by atoms with E-state index >= 15 is 0 Å². The molecule has 3 amide bonds. The zero-order valence-corrected chi connectivity index (χ0v) is 25.0. The second-order valence-electron chi connectivity index (χ2n) is 10.2. The monoisotopic (exact) mass is 659 g/mol. The number of H-pyrrole nitrogens is 1. The van der Waals surface area contributed by atoms with Gasteiger partial charge in [0.25, 0.3) is 5.91 Å². The SMILES string of the molecule is Cc1ccc(N2C(=O)C3Sc4[nH]c(=O)sc4C(c4cc(Cl)ccc4OCC(=O)Nc4ccccc4C(F)(F)F)C3C2=O)cc1. The Bertz CT molecular complexity index is 1860. The molecule has 44 heavy (non-hydrogen) atoms. The summed E-state index contributed by atoms with van der Waals surface area (Å²) in [7, 11) is 0. The van der Waals surface area contributed by atoms with E-state index in [0.717, 1.165) is 45.7 Å². The van der Waals surface area contributed by atoms with Gasteiger partial charge in [-0.3, -0.25) is 19.2 Å². The van der Waals surface area contributed by atoms with Crippen molar-refractivity contribution >= 4 is 63.8 Å². The Morgan fingerprint density at radius 1 is 1.05 bits per heavy atom. The minimum absolute atomic E-state index is 0.116. The molecule has 14 heteroatoms. The average Bonchev–Trinajstić information content (AvgIpc) is 3.46. The lowest BCUT2D eigenvalue weighted by atomic mass is 9.82. The van der Waals surface area contributed by atoms with Crippen LogP contribution < -0.4 is 19.8 Å². The number of halogens is 4. The molecule has 1 fully saturated rings. The maximum Gasteiger partial charge on any atom is 0.418 e. The van der Waals surface area contributed by atoms with Crippen molar-refractivity contribution in [3.05, 3.63) is 103 Å². The molecule has 3 unspecified atom stereocenters. The lowest BCUT2D eigenvalue weighted by molar-refractivity contribution is -0.137. The molecule has 0 spiro atoms. The highest BCUT2D eigenvalue weighted by atomic mass is 35.5. The number of fused-ring (bicyclic) bond motifs is 2. The topological polar surface area (TPSA) is 109 Å². The summed E-state index contributed by atoms with van der Waals surface area (Å²) in [5.41, 5.74) is 0.270. The van der Waals surface area contributed by atoms with E-state index in [2.05, 4.69) is 10.3 Å². The predicted molar refractivity (Wildman–Crippen MR) is 161 cm³/mol. The highest BCUT2D eigenvalue weighted by Gasteiger charge is 2.57. The number of anilines is 2. The zero-order valence-electron chi connectivity index (χ0n) is 22.6. The molecule has 8 nitrogen and oxygen atoms in total. The molecule has 0 radical (unpaired) electrons. The Balaban J connectivity index is 1.34. The Hall–Kier alpha value is -4.07. The third kappa shape index (κ3) is 5.51. The number of amides is 3. The largest absolute Gasteiger partial charge is 0.483 e. The minimum atomic E-state index is -4.68. The Morgan fingerprint density at radius 2 is 1.77 bits per heavy atom. The molecule has 2 aliphatic heterocycles. The van der Waals surface area contributed by atoms with Crippen LogP contribution in [-0.2, 0) is 20.6 Å². The van der Waals surface area contributed by atoms with E-state index < -0.39 is 58.8 Å². The van der Waals surface area contributed by atoms with Crippen molar-refractivity contribution in [2.24, 2.45) is 5.92 Å². The molecule has 2 N–H and O–H groups in total. The fourth-order valence-electron chi connectivity index (χ4n) is 5.36. The van der Waals surface area contributed by atoms with Gasteiger partial charge >= 0.3 is 11.0 Å². The van der Waals surface area contributed by atoms with Crippen molar-refractivity contribution < 1.29 is 32.3 Å². The Labute approximate surface area is 261 Å². The molecule has 1 aromatic heterocycles. The number of carbonyl (C=O) groups is 3. The van der Waals surface area contributed by atoms with Crippen molar-refractivity contribution in [2.75, 3.05) is 16.8 Å². The van der Waals surface area contributed by atoms with Crippen LogP contribution in [0.4, 0.5) is 24.5 Å². The molecule has 0 bridgehead atoms. The number of rotatable bonds is 6.